The number of benzene rings is 2. The quantitative estimate of drug-likeness (QED) is 0.439. The van der Waals surface area contributed by atoms with E-state index in [4.69, 9.17) is 4.74 Å². The molecular formula is C18H15BrO4. The van der Waals surface area contributed by atoms with Gasteiger partial charge in [-0.05, 0) is 19.1 Å². The third kappa shape index (κ3) is 4.13. The highest BCUT2D eigenvalue weighted by Gasteiger charge is 2.36. The molecule has 4 nitrogen and oxygen atoms in total. The molecule has 1 atom stereocenters. The maximum atomic E-state index is 12.7. The lowest BCUT2D eigenvalue weighted by Crippen LogP contribution is -2.33. The van der Waals surface area contributed by atoms with E-state index in [1.54, 1.807) is 61.5 Å². The minimum Gasteiger partial charge on any atom is -0.465 e. The Morgan fingerprint density at radius 1 is 0.913 bits per heavy atom. The molecule has 0 aliphatic carbocycles. The van der Waals surface area contributed by atoms with Crippen molar-refractivity contribution in [1.29, 1.82) is 0 Å². The molecular weight excluding hydrogens is 360 g/mol. The first kappa shape index (κ1) is 17.1. The van der Waals surface area contributed by atoms with Crippen LogP contribution in [0.4, 0.5) is 0 Å². The van der Waals surface area contributed by atoms with Crippen molar-refractivity contribution in [3.8, 4) is 0 Å². The summed E-state index contributed by atoms with van der Waals surface area (Å²) in [5.41, 5.74) is 0.589. The molecule has 0 saturated heterocycles. The van der Waals surface area contributed by atoms with E-state index in [1.807, 2.05) is 0 Å². The van der Waals surface area contributed by atoms with Gasteiger partial charge in [-0.15, -0.1) is 0 Å². The second-order valence-corrected chi connectivity index (χ2v) is 5.70. The molecule has 0 aliphatic rings. The maximum absolute atomic E-state index is 12.7. The Bertz CT molecular complexity index is 708. The summed E-state index contributed by atoms with van der Waals surface area (Å²) < 4.78 is 5.73. The summed E-state index contributed by atoms with van der Waals surface area (Å²) in [7, 11) is 0. The molecule has 0 saturated carbocycles. The summed E-state index contributed by atoms with van der Waals surface area (Å²) in [6.07, 6.45) is 0. The molecule has 23 heavy (non-hydrogen) atoms. The Balaban J connectivity index is 2.38. The zero-order chi connectivity index (χ0) is 16.8. The number of carbonyl (C=O) groups is 3. The molecule has 2 rings (SSSR count). The Morgan fingerprint density at radius 3 is 1.96 bits per heavy atom. The van der Waals surface area contributed by atoms with Crippen molar-refractivity contribution >= 4 is 33.5 Å². The molecule has 0 N–H and O–H groups in total. The average molecular weight is 375 g/mol. The predicted molar refractivity (Wildman–Crippen MR) is 89.4 cm³/mol. The van der Waals surface area contributed by atoms with E-state index in [1.165, 1.54) is 0 Å². The molecule has 2 aromatic carbocycles. The van der Waals surface area contributed by atoms with Crippen molar-refractivity contribution in [2.24, 2.45) is 5.92 Å². The van der Waals surface area contributed by atoms with Crippen molar-refractivity contribution in [2.45, 2.75) is 6.92 Å². The Hall–Kier alpha value is -2.27. The number of ether oxygens (including phenoxy) is 1. The largest absolute Gasteiger partial charge is 0.465 e. The third-order valence-electron chi connectivity index (χ3n) is 3.23. The first-order valence-electron chi connectivity index (χ1n) is 7.10. The number of carbonyl (C=O) groups excluding carboxylic acids is 3. The van der Waals surface area contributed by atoms with Crippen molar-refractivity contribution in [2.75, 3.05) is 6.61 Å². The molecule has 5 heteroatoms. The van der Waals surface area contributed by atoms with Crippen LogP contribution in [-0.4, -0.2) is 24.1 Å². The van der Waals surface area contributed by atoms with Crippen LogP contribution in [0.5, 0.6) is 0 Å². The van der Waals surface area contributed by atoms with Crippen LogP contribution < -0.4 is 0 Å². The summed E-state index contributed by atoms with van der Waals surface area (Å²) in [6, 6.07) is 14.8. The van der Waals surface area contributed by atoms with Gasteiger partial charge in [0.15, 0.2) is 17.5 Å². The van der Waals surface area contributed by atoms with Crippen LogP contribution in [0.1, 0.15) is 27.6 Å². The molecule has 0 spiro atoms. The highest BCUT2D eigenvalue weighted by molar-refractivity contribution is 9.10. The number of esters is 1. The number of hydrogen-bond acceptors (Lipinski definition) is 4. The first-order valence-corrected chi connectivity index (χ1v) is 7.89. The fourth-order valence-electron chi connectivity index (χ4n) is 2.11. The molecule has 0 aromatic heterocycles. The fourth-order valence-corrected chi connectivity index (χ4v) is 2.37. The van der Waals surface area contributed by atoms with Crippen LogP contribution in [0, 0.1) is 5.92 Å². The molecule has 2 aromatic rings. The number of hydrogen-bond donors (Lipinski definition) is 0. The summed E-state index contributed by atoms with van der Waals surface area (Å²) in [5.74, 6) is -3.44. The molecule has 0 radical (unpaired) electrons. The first-order chi connectivity index (χ1) is 11.0. The van der Waals surface area contributed by atoms with Gasteiger partial charge < -0.3 is 4.74 Å². The van der Waals surface area contributed by atoms with Gasteiger partial charge in [0.25, 0.3) is 0 Å². The van der Waals surface area contributed by atoms with Gasteiger partial charge in [-0.3, -0.25) is 14.4 Å². The zero-order valence-electron chi connectivity index (χ0n) is 12.5. The monoisotopic (exact) mass is 374 g/mol. The SMILES string of the molecule is CCOC(=O)C(C(=O)c1ccccc1)C(=O)c1ccc(Br)cc1. The standard InChI is InChI=1S/C18H15BrO4/c1-2-23-18(22)15(16(20)12-6-4-3-5-7-12)17(21)13-8-10-14(19)11-9-13/h3-11,15H,2H2,1H3. The molecule has 0 heterocycles. The molecule has 0 fully saturated rings. The summed E-state index contributed by atoms with van der Waals surface area (Å²) in [4.78, 5) is 37.4. The number of rotatable bonds is 6. The van der Waals surface area contributed by atoms with Gasteiger partial charge in [0.05, 0.1) is 6.61 Å². The molecule has 0 bridgehead atoms. The van der Waals surface area contributed by atoms with E-state index in [0.29, 0.717) is 5.56 Å². The lowest BCUT2D eigenvalue weighted by Gasteiger charge is -2.14. The molecule has 118 valence electrons. The van der Waals surface area contributed by atoms with Gasteiger partial charge in [-0.25, -0.2) is 0 Å². The Kier molecular flexibility index (Phi) is 5.82. The second-order valence-electron chi connectivity index (χ2n) is 4.79. The normalized spacial score (nSPS) is 11.6. The van der Waals surface area contributed by atoms with Crippen molar-refractivity contribution in [3.05, 3.63) is 70.2 Å². The van der Waals surface area contributed by atoms with Crippen molar-refractivity contribution in [1.82, 2.24) is 0 Å². The van der Waals surface area contributed by atoms with Gasteiger partial charge in [0.1, 0.15) is 0 Å². The van der Waals surface area contributed by atoms with E-state index in [0.717, 1.165) is 4.47 Å². The topological polar surface area (TPSA) is 60.4 Å². The van der Waals surface area contributed by atoms with Crippen LogP contribution in [0.25, 0.3) is 0 Å². The predicted octanol–water partition coefficient (Wildman–Crippen LogP) is 3.69. The van der Waals surface area contributed by atoms with Crippen LogP contribution in [-0.2, 0) is 9.53 Å². The van der Waals surface area contributed by atoms with E-state index < -0.39 is 23.5 Å². The Labute approximate surface area is 142 Å². The highest BCUT2D eigenvalue weighted by atomic mass is 79.9. The van der Waals surface area contributed by atoms with Gasteiger partial charge in [0.2, 0.25) is 0 Å². The highest BCUT2D eigenvalue weighted by Crippen LogP contribution is 2.19. The van der Waals surface area contributed by atoms with Crippen LogP contribution in [0.15, 0.2) is 59.1 Å². The zero-order valence-corrected chi connectivity index (χ0v) is 14.1. The number of ketones is 2. The van der Waals surface area contributed by atoms with E-state index in [2.05, 4.69) is 15.9 Å². The second kappa shape index (κ2) is 7.83. The number of Topliss-reactive ketones (excluding diaryl/α,β-unsaturated/α-hetero) is 2. The Morgan fingerprint density at radius 2 is 1.43 bits per heavy atom. The third-order valence-corrected chi connectivity index (χ3v) is 3.76. The lowest BCUT2D eigenvalue weighted by atomic mass is 9.90. The van der Waals surface area contributed by atoms with Crippen molar-refractivity contribution < 1.29 is 19.1 Å². The summed E-state index contributed by atoms with van der Waals surface area (Å²) in [5, 5.41) is 0. The van der Waals surface area contributed by atoms with Crippen LogP contribution >= 0.6 is 15.9 Å². The summed E-state index contributed by atoms with van der Waals surface area (Å²) >= 11 is 3.28. The van der Waals surface area contributed by atoms with Crippen molar-refractivity contribution in [3.63, 3.8) is 0 Å². The molecule has 0 amide bonds. The van der Waals surface area contributed by atoms with Gasteiger partial charge in [-0.2, -0.15) is 0 Å². The van der Waals surface area contributed by atoms with Gasteiger partial charge >= 0.3 is 5.97 Å². The van der Waals surface area contributed by atoms with E-state index >= 15 is 0 Å². The smallest absolute Gasteiger partial charge is 0.324 e. The minimum atomic E-state index is -1.49. The maximum Gasteiger partial charge on any atom is 0.324 e. The molecule has 1 unspecified atom stereocenters. The summed E-state index contributed by atoms with van der Waals surface area (Å²) in [6.45, 7) is 1.73. The van der Waals surface area contributed by atoms with E-state index in [9.17, 15) is 14.4 Å². The van der Waals surface area contributed by atoms with Crippen LogP contribution in [0.2, 0.25) is 0 Å². The minimum absolute atomic E-state index is 0.102. The van der Waals surface area contributed by atoms with E-state index in [-0.39, 0.29) is 12.2 Å². The van der Waals surface area contributed by atoms with Crippen LogP contribution in [0.3, 0.4) is 0 Å². The average Bonchev–Trinajstić information content (AvgIpc) is 2.56. The van der Waals surface area contributed by atoms with Gasteiger partial charge in [-0.1, -0.05) is 58.4 Å². The fraction of sp³-hybridized carbons (Fsp3) is 0.167. The molecule has 0 aliphatic heterocycles. The lowest BCUT2D eigenvalue weighted by molar-refractivity contribution is -0.144. The number of halogens is 1. The van der Waals surface area contributed by atoms with Gasteiger partial charge in [0, 0.05) is 15.6 Å².